The van der Waals surface area contributed by atoms with Gasteiger partial charge >= 0.3 is 0 Å². The third-order valence-electron chi connectivity index (χ3n) is 6.44. The smallest absolute Gasteiger partial charge is 0.274 e. The van der Waals surface area contributed by atoms with Gasteiger partial charge in [0.25, 0.3) is 11.5 Å². The van der Waals surface area contributed by atoms with Crippen molar-refractivity contribution in [3.63, 3.8) is 0 Å². The van der Waals surface area contributed by atoms with Gasteiger partial charge in [-0.25, -0.2) is 0 Å². The molecule has 1 saturated heterocycles. The number of fused-ring (bicyclic) bond motifs is 2. The van der Waals surface area contributed by atoms with Crippen molar-refractivity contribution in [3.05, 3.63) is 69.8 Å². The topological polar surface area (TPSA) is 61.7 Å². The molecule has 1 fully saturated rings. The second-order valence-electron chi connectivity index (χ2n) is 8.55. The van der Waals surface area contributed by atoms with Crippen molar-refractivity contribution >= 4 is 22.5 Å². The van der Waals surface area contributed by atoms with Crippen LogP contribution in [0.25, 0.3) is 10.9 Å². The number of hydrogen-bond acceptors (Lipinski definition) is 5. The van der Waals surface area contributed by atoms with E-state index in [-0.39, 0.29) is 11.5 Å². The van der Waals surface area contributed by atoms with Crippen molar-refractivity contribution in [1.82, 2.24) is 19.4 Å². The van der Waals surface area contributed by atoms with Crippen molar-refractivity contribution in [2.75, 3.05) is 44.7 Å². The summed E-state index contributed by atoms with van der Waals surface area (Å²) in [6.07, 6.45) is 2.39. The highest BCUT2D eigenvalue weighted by Gasteiger charge is 2.33. The van der Waals surface area contributed by atoms with Crippen LogP contribution in [-0.2, 0) is 20.0 Å². The number of anilines is 1. The van der Waals surface area contributed by atoms with Gasteiger partial charge in [-0.3, -0.25) is 14.6 Å². The van der Waals surface area contributed by atoms with E-state index >= 15 is 0 Å². The Labute approximate surface area is 181 Å². The van der Waals surface area contributed by atoms with Crippen LogP contribution >= 0.6 is 0 Å². The lowest BCUT2D eigenvalue weighted by atomic mass is 10.1. The van der Waals surface area contributed by atoms with Gasteiger partial charge in [0.2, 0.25) is 0 Å². The second kappa shape index (κ2) is 7.81. The Bertz CT molecular complexity index is 1210. The number of benzene rings is 1. The first-order valence-corrected chi connectivity index (χ1v) is 10.8. The number of likely N-dealkylation sites (N-methyl/N-ethyl adjacent to an activating group) is 1. The maximum absolute atomic E-state index is 13.1. The summed E-state index contributed by atoms with van der Waals surface area (Å²) in [6.45, 7) is 4.50. The fraction of sp³-hybridized carbons (Fsp3) is 0.375. The molecule has 2 aliphatic heterocycles. The number of carbonyl (C=O) groups is 1. The molecule has 2 aromatic heterocycles. The molecule has 0 spiro atoms. The van der Waals surface area contributed by atoms with Crippen molar-refractivity contribution in [3.8, 4) is 0 Å². The summed E-state index contributed by atoms with van der Waals surface area (Å²) in [7, 11) is 3.83. The van der Waals surface area contributed by atoms with Gasteiger partial charge in [-0.1, -0.05) is 24.3 Å². The molecule has 0 unspecified atom stereocenters. The molecule has 2 aliphatic rings. The molecule has 1 amide bonds. The second-order valence-corrected chi connectivity index (χ2v) is 8.55. The van der Waals surface area contributed by atoms with Gasteiger partial charge in [0.05, 0.1) is 11.1 Å². The van der Waals surface area contributed by atoms with E-state index in [9.17, 15) is 9.59 Å². The van der Waals surface area contributed by atoms with Gasteiger partial charge in [0.15, 0.2) is 0 Å². The number of pyridine rings is 2. The highest BCUT2D eigenvalue weighted by molar-refractivity contribution is 5.99. The van der Waals surface area contributed by atoms with Gasteiger partial charge < -0.3 is 19.3 Å². The lowest BCUT2D eigenvalue weighted by Gasteiger charge is -2.34. The SMILES string of the molecule is CN1CCN(c2c3c(cn(C)c2=O)C(=O)N(CCc2ccc4ccccc4n2)C3)CC1. The number of carbonyl (C=O) groups excluding carboxylic acids is 1. The summed E-state index contributed by atoms with van der Waals surface area (Å²) in [5.74, 6) is 0.00164. The Kier molecular flexibility index (Phi) is 4.98. The van der Waals surface area contributed by atoms with E-state index in [0.29, 0.717) is 30.8 Å². The number of para-hydroxylation sites is 1. The van der Waals surface area contributed by atoms with Crippen LogP contribution in [0.5, 0.6) is 0 Å². The van der Waals surface area contributed by atoms with Crippen molar-refractivity contribution in [1.29, 1.82) is 0 Å². The molecular formula is C24H27N5O2. The highest BCUT2D eigenvalue weighted by Crippen LogP contribution is 2.29. The van der Waals surface area contributed by atoms with Crippen LogP contribution in [0, 0.1) is 0 Å². The van der Waals surface area contributed by atoms with E-state index in [2.05, 4.69) is 22.9 Å². The van der Waals surface area contributed by atoms with Crippen LogP contribution in [-0.4, -0.2) is 65.0 Å². The standard InChI is InChI=1S/C24H27N5O2/c1-26-11-13-28(14-12-26)22-19-16-29(23(30)20(19)15-27(2)24(22)31)10-9-18-8-7-17-5-3-4-6-21(17)25-18/h3-8,15H,9-14,16H2,1-2H3. The summed E-state index contributed by atoms with van der Waals surface area (Å²) in [4.78, 5) is 37.1. The van der Waals surface area contributed by atoms with Crippen LogP contribution < -0.4 is 10.5 Å². The van der Waals surface area contributed by atoms with E-state index in [4.69, 9.17) is 4.98 Å². The predicted molar refractivity (Wildman–Crippen MR) is 122 cm³/mol. The molecule has 7 heteroatoms. The number of piperazine rings is 1. The van der Waals surface area contributed by atoms with Crippen LogP contribution in [0.3, 0.4) is 0 Å². The number of aromatic nitrogens is 2. The summed E-state index contributed by atoms with van der Waals surface area (Å²) in [5.41, 5.74) is 4.15. The molecule has 0 saturated carbocycles. The summed E-state index contributed by atoms with van der Waals surface area (Å²) in [6, 6.07) is 12.2. The molecule has 0 atom stereocenters. The fourth-order valence-corrected chi connectivity index (χ4v) is 4.57. The molecule has 1 aromatic carbocycles. The minimum Gasteiger partial charge on any atom is -0.364 e. The average Bonchev–Trinajstić information content (AvgIpc) is 3.09. The maximum atomic E-state index is 13.1. The maximum Gasteiger partial charge on any atom is 0.274 e. The van der Waals surface area contributed by atoms with E-state index in [1.54, 1.807) is 17.8 Å². The lowest BCUT2D eigenvalue weighted by molar-refractivity contribution is 0.0779. The van der Waals surface area contributed by atoms with Crippen LogP contribution in [0.15, 0.2) is 47.4 Å². The molecule has 5 rings (SSSR count). The molecule has 0 aliphatic carbocycles. The van der Waals surface area contributed by atoms with Gasteiger partial charge in [0, 0.05) is 75.6 Å². The van der Waals surface area contributed by atoms with E-state index in [0.717, 1.165) is 48.3 Å². The molecule has 0 N–H and O–H groups in total. The fourth-order valence-electron chi connectivity index (χ4n) is 4.57. The first-order chi connectivity index (χ1) is 15.0. The average molecular weight is 418 g/mol. The van der Waals surface area contributed by atoms with Crippen LogP contribution in [0.4, 0.5) is 5.69 Å². The Hall–Kier alpha value is -3.19. The minimum atomic E-state index is -0.0193. The Morgan fingerprint density at radius 1 is 0.968 bits per heavy atom. The number of aryl methyl sites for hydroxylation is 1. The normalized spacial score (nSPS) is 16.9. The number of nitrogens with zero attached hydrogens (tertiary/aromatic N) is 5. The van der Waals surface area contributed by atoms with Crippen molar-refractivity contribution < 1.29 is 4.79 Å². The van der Waals surface area contributed by atoms with E-state index in [1.165, 1.54) is 0 Å². The van der Waals surface area contributed by atoms with Gasteiger partial charge in [0.1, 0.15) is 5.69 Å². The van der Waals surface area contributed by atoms with E-state index < -0.39 is 0 Å². The Morgan fingerprint density at radius 2 is 1.74 bits per heavy atom. The first kappa shape index (κ1) is 19.8. The highest BCUT2D eigenvalue weighted by atomic mass is 16.2. The third-order valence-corrected chi connectivity index (χ3v) is 6.44. The zero-order valence-electron chi connectivity index (χ0n) is 18.0. The molecule has 7 nitrogen and oxygen atoms in total. The number of hydrogen-bond donors (Lipinski definition) is 0. The van der Waals surface area contributed by atoms with Gasteiger partial charge in [-0.15, -0.1) is 0 Å². The minimum absolute atomic E-state index is 0.00164. The zero-order chi connectivity index (χ0) is 21.5. The molecule has 0 radical (unpaired) electrons. The van der Waals surface area contributed by atoms with Crippen molar-refractivity contribution in [2.45, 2.75) is 13.0 Å². The first-order valence-electron chi connectivity index (χ1n) is 10.8. The summed E-state index contributed by atoms with van der Waals surface area (Å²) < 4.78 is 1.55. The molecule has 4 heterocycles. The lowest BCUT2D eigenvalue weighted by Crippen LogP contribution is -2.47. The molecular weight excluding hydrogens is 390 g/mol. The van der Waals surface area contributed by atoms with Crippen LogP contribution in [0.2, 0.25) is 0 Å². The van der Waals surface area contributed by atoms with E-state index in [1.807, 2.05) is 35.2 Å². The number of amides is 1. The Balaban J connectivity index is 1.38. The molecule has 0 bridgehead atoms. The number of rotatable bonds is 4. The third kappa shape index (κ3) is 3.59. The predicted octanol–water partition coefficient (Wildman–Crippen LogP) is 1.88. The van der Waals surface area contributed by atoms with Gasteiger partial charge in [-0.2, -0.15) is 0 Å². The van der Waals surface area contributed by atoms with Crippen molar-refractivity contribution in [2.24, 2.45) is 7.05 Å². The molecule has 3 aromatic rings. The molecule has 160 valence electrons. The Morgan fingerprint density at radius 3 is 2.55 bits per heavy atom. The molecule has 31 heavy (non-hydrogen) atoms. The monoisotopic (exact) mass is 417 g/mol. The van der Waals surface area contributed by atoms with Gasteiger partial charge in [-0.05, 0) is 19.2 Å². The summed E-state index contributed by atoms with van der Waals surface area (Å²) >= 11 is 0. The zero-order valence-corrected chi connectivity index (χ0v) is 18.0. The quantitative estimate of drug-likeness (QED) is 0.649. The van der Waals surface area contributed by atoms with Crippen LogP contribution in [0.1, 0.15) is 21.6 Å². The largest absolute Gasteiger partial charge is 0.364 e. The summed E-state index contributed by atoms with van der Waals surface area (Å²) in [5, 5.41) is 1.11.